The molecule has 2 aromatic heterocycles. The normalized spacial score (nSPS) is 24.7. The summed E-state index contributed by atoms with van der Waals surface area (Å²) in [6.07, 6.45) is -1.90. The van der Waals surface area contributed by atoms with E-state index < -0.39 is 29.7 Å². The van der Waals surface area contributed by atoms with Gasteiger partial charge in [-0.05, 0) is 35.8 Å². The molecule has 35 heavy (non-hydrogen) atoms. The van der Waals surface area contributed by atoms with Gasteiger partial charge < -0.3 is 14.6 Å². The Labute approximate surface area is 205 Å². The topological polar surface area (TPSA) is 64.5 Å². The minimum Gasteiger partial charge on any atom is -0.388 e. The zero-order valence-corrected chi connectivity index (χ0v) is 20.0. The highest BCUT2D eigenvalue weighted by Crippen LogP contribution is 2.57. The summed E-state index contributed by atoms with van der Waals surface area (Å²) in [5, 5.41) is 11.3. The average Bonchev–Trinajstić information content (AvgIpc) is 3.06. The van der Waals surface area contributed by atoms with Crippen molar-refractivity contribution < 1.29 is 27.8 Å². The lowest BCUT2D eigenvalue weighted by Gasteiger charge is -2.40. The van der Waals surface area contributed by atoms with Crippen LogP contribution in [0, 0.1) is 5.41 Å². The Morgan fingerprint density at radius 2 is 1.80 bits per heavy atom. The number of alkyl halides is 3. The van der Waals surface area contributed by atoms with Gasteiger partial charge in [0.1, 0.15) is 11.8 Å². The lowest BCUT2D eigenvalue weighted by Crippen LogP contribution is -2.37. The van der Waals surface area contributed by atoms with Crippen molar-refractivity contribution in [2.45, 2.75) is 90.7 Å². The molecule has 1 saturated heterocycles. The second kappa shape index (κ2) is 8.82. The molecule has 0 unspecified atom stereocenters. The molecule has 4 heterocycles. The third-order valence-corrected chi connectivity index (χ3v) is 7.39. The van der Waals surface area contributed by atoms with Crippen LogP contribution in [0.2, 0.25) is 0 Å². The summed E-state index contributed by atoms with van der Waals surface area (Å²) in [5.41, 5.74) is 3.39. The number of halogens is 3. The summed E-state index contributed by atoms with van der Waals surface area (Å²) < 4.78 is 51.8. The van der Waals surface area contributed by atoms with Crippen LogP contribution in [0.4, 0.5) is 13.2 Å². The summed E-state index contributed by atoms with van der Waals surface area (Å²) >= 11 is 0. The number of hydrogen-bond acceptors (Lipinski definition) is 5. The lowest BCUT2D eigenvalue weighted by atomic mass is 9.70. The fraction of sp³-hybridized carbons (Fsp3) is 0.630. The molecule has 1 spiro atoms. The van der Waals surface area contributed by atoms with Crippen molar-refractivity contribution in [3.05, 3.63) is 57.7 Å². The van der Waals surface area contributed by atoms with Crippen LogP contribution in [0.25, 0.3) is 0 Å². The van der Waals surface area contributed by atoms with Gasteiger partial charge in [-0.1, -0.05) is 41.2 Å². The van der Waals surface area contributed by atoms with Crippen LogP contribution in [0.15, 0.2) is 18.3 Å². The van der Waals surface area contributed by atoms with Crippen LogP contribution >= 0.6 is 0 Å². The van der Waals surface area contributed by atoms with E-state index in [0.29, 0.717) is 38.0 Å². The van der Waals surface area contributed by atoms with Gasteiger partial charge in [0, 0.05) is 60.3 Å². The van der Waals surface area contributed by atoms with Crippen molar-refractivity contribution in [3.63, 3.8) is 0 Å². The molecular formula is C27H35F3N2O3. The highest BCUT2D eigenvalue weighted by Gasteiger charge is 2.52. The Kier molecular flexibility index (Phi) is 6.56. The molecule has 2 atom stereocenters. The second-order valence-electron chi connectivity index (χ2n) is 10.9. The minimum absolute atomic E-state index is 0. The number of hydrogen-bond donors (Lipinski definition) is 1. The van der Waals surface area contributed by atoms with Crippen LogP contribution in [0.5, 0.6) is 0 Å². The molecule has 8 heteroatoms. The molecule has 5 rings (SSSR count). The molecule has 0 bridgehead atoms. The molecular weight excluding hydrogens is 457 g/mol. The zero-order valence-electron chi connectivity index (χ0n) is 20.0. The third-order valence-electron chi connectivity index (χ3n) is 7.39. The van der Waals surface area contributed by atoms with Gasteiger partial charge in [-0.15, -0.1) is 0 Å². The van der Waals surface area contributed by atoms with E-state index in [-0.39, 0.29) is 18.8 Å². The van der Waals surface area contributed by atoms with Crippen molar-refractivity contribution in [3.8, 4) is 0 Å². The summed E-state index contributed by atoms with van der Waals surface area (Å²) in [5.74, 6) is 0.0738. The first-order chi connectivity index (χ1) is 15.9. The maximum absolute atomic E-state index is 13.1. The Hall–Kier alpha value is -2.03. The van der Waals surface area contributed by atoms with Crippen LogP contribution in [0.1, 0.15) is 112 Å². The molecule has 1 aliphatic carbocycles. The molecule has 2 aromatic rings. The second-order valence-corrected chi connectivity index (χ2v) is 10.9. The van der Waals surface area contributed by atoms with Crippen molar-refractivity contribution >= 4 is 0 Å². The number of fused-ring (bicyclic) bond motifs is 4. The number of ether oxygens (including phenoxy) is 2. The van der Waals surface area contributed by atoms with Gasteiger partial charge in [0.2, 0.25) is 0 Å². The maximum Gasteiger partial charge on any atom is 0.433 e. The molecule has 192 valence electrons. The Morgan fingerprint density at radius 3 is 2.37 bits per heavy atom. The van der Waals surface area contributed by atoms with E-state index in [0.717, 1.165) is 40.6 Å². The van der Waals surface area contributed by atoms with E-state index in [9.17, 15) is 18.3 Å². The van der Waals surface area contributed by atoms with Gasteiger partial charge >= 0.3 is 6.18 Å². The van der Waals surface area contributed by atoms with Crippen molar-refractivity contribution in [2.75, 3.05) is 13.2 Å². The molecule has 0 amide bonds. The number of aliphatic hydroxyl groups excluding tert-OH is 1. The Bertz CT molecular complexity index is 1090. The minimum atomic E-state index is -4.50. The lowest BCUT2D eigenvalue weighted by molar-refractivity contribution is -0.141. The van der Waals surface area contributed by atoms with Gasteiger partial charge in [0.25, 0.3) is 0 Å². The zero-order chi connectivity index (χ0) is 24.5. The molecule has 1 N–H and O–H groups in total. The summed E-state index contributed by atoms with van der Waals surface area (Å²) in [6, 6.07) is 2.46. The van der Waals surface area contributed by atoms with Gasteiger partial charge in [-0.25, -0.2) is 0 Å². The standard InChI is InChI=1S/C26H31F3N2O3.CH4/c1-14(2)22-20-21(19-16(31-22)11-24(3,4)12-17(19)32)25(7-9-33-10-8-25)34-23(20)15-5-6-18(30-13-15)26(27,28)29;/h5-6,13-14,17,23,32H,7-12H2,1-4H3;1H4/t17-,23+;/m0./s1. The summed E-state index contributed by atoms with van der Waals surface area (Å²) in [7, 11) is 0. The SMILES string of the molecule is C.CC(C)c1nc2c(c3c1[C@@H](c1ccc(C(F)(F)F)nc1)OC31CCOCC1)[C@@H](O)CC(C)(C)C2. The van der Waals surface area contributed by atoms with Crippen molar-refractivity contribution in [2.24, 2.45) is 5.41 Å². The summed E-state index contributed by atoms with van der Waals surface area (Å²) in [6.45, 7) is 9.45. The van der Waals surface area contributed by atoms with Crippen LogP contribution < -0.4 is 0 Å². The molecule has 0 radical (unpaired) electrons. The Morgan fingerprint density at radius 1 is 1.11 bits per heavy atom. The number of aliphatic hydroxyl groups is 1. The molecule has 3 aliphatic rings. The largest absolute Gasteiger partial charge is 0.433 e. The van der Waals surface area contributed by atoms with Crippen LogP contribution in [0.3, 0.4) is 0 Å². The quantitative estimate of drug-likeness (QED) is 0.527. The van der Waals surface area contributed by atoms with E-state index in [1.807, 2.05) is 0 Å². The van der Waals surface area contributed by atoms with E-state index in [1.54, 1.807) is 0 Å². The first kappa shape index (κ1) is 26.0. The van der Waals surface area contributed by atoms with Crippen molar-refractivity contribution in [1.82, 2.24) is 9.97 Å². The van der Waals surface area contributed by atoms with E-state index in [4.69, 9.17) is 14.5 Å². The van der Waals surface area contributed by atoms with Gasteiger partial charge in [0.05, 0.1) is 11.7 Å². The molecule has 0 saturated carbocycles. The predicted octanol–water partition coefficient (Wildman–Crippen LogP) is 6.39. The van der Waals surface area contributed by atoms with E-state index in [1.165, 1.54) is 12.3 Å². The van der Waals surface area contributed by atoms with E-state index >= 15 is 0 Å². The molecule has 2 aliphatic heterocycles. The first-order valence-corrected chi connectivity index (χ1v) is 12.0. The predicted molar refractivity (Wildman–Crippen MR) is 126 cm³/mol. The number of pyridine rings is 2. The maximum atomic E-state index is 13.1. The number of aromatic nitrogens is 2. The van der Waals surface area contributed by atoms with Gasteiger partial charge in [0.15, 0.2) is 0 Å². The van der Waals surface area contributed by atoms with Crippen molar-refractivity contribution in [1.29, 1.82) is 0 Å². The molecule has 1 fully saturated rings. The van der Waals surface area contributed by atoms with Crippen LogP contribution in [-0.2, 0) is 27.7 Å². The third kappa shape index (κ3) is 4.38. The fourth-order valence-electron chi connectivity index (χ4n) is 5.90. The fourth-order valence-corrected chi connectivity index (χ4v) is 5.90. The Balaban J connectivity index is 0.00000289. The molecule has 0 aromatic carbocycles. The van der Waals surface area contributed by atoms with E-state index in [2.05, 4.69) is 32.7 Å². The summed E-state index contributed by atoms with van der Waals surface area (Å²) in [4.78, 5) is 8.77. The van der Waals surface area contributed by atoms with Gasteiger partial charge in [-0.3, -0.25) is 9.97 Å². The monoisotopic (exact) mass is 492 g/mol. The highest BCUT2D eigenvalue weighted by molar-refractivity contribution is 5.54. The van der Waals surface area contributed by atoms with Crippen LogP contribution in [-0.4, -0.2) is 28.3 Å². The van der Waals surface area contributed by atoms with Gasteiger partial charge in [-0.2, -0.15) is 13.2 Å². The smallest absolute Gasteiger partial charge is 0.388 e. The first-order valence-electron chi connectivity index (χ1n) is 12.0. The number of nitrogens with zero attached hydrogens (tertiary/aromatic N) is 2. The highest BCUT2D eigenvalue weighted by atomic mass is 19.4. The number of rotatable bonds is 2. The average molecular weight is 493 g/mol. The molecule has 5 nitrogen and oxygen atoms in total.